The second-order valence-corrected chi connectivity index (χ2v) is 4.25. The zero-order valence-electron chi connectivity index (χ0n) is 10.7. The lowest BCUT2D eigenvalue weighted by Crippen LogP contribution is -2.22. The Morgan fingerprint density at radius 3 is 2.83 bits per heavy atom. The fourth-order valence-corrected chi connectivity index (χ4v) is 2.36. The molecule has 0 aliphatic carbocycles. The maximum Gasteiger partial charge on any atom is 0.166 e. The zero-order chi connectivity index (χ0) is 13.0. The average molecular weight is 247 g/mol. The number of methoxy groups -OCH3 is 2. The molecule has 4 heteroatoms. The molecule has 0 aromatic heterocycles. The van der Waals surface area contributed by atoms with Gasteiger partial charge in [0, 0.05) is 12.2 Å². The molecular weight excluding hydrogens is 230 g/mol. The number of ether oxygens (including phenoxy) is 3. The topological polar surface area (TPSA) is 51.5 Å². The summed E-state index contributed by atoms with van der Waals surface area (Å²) in [7, 11) is 3.21. The van der Waals surface area contributed by atoms with Crippen LogP contribution in [0.2, 0.25) is 0 Å². The van der Waals surface area contributed by atoms with Crippen molar-refractivity contribution in [1.29, 1.82) is 5.26 Å². The largest absolute Gasteiger partial charge is 0.493 e. The fraction of sp³-hybridized carbons (Fsp3) is 0.500. The molecule has 1 aromatic rings. The van der Waals surface area contributed by atoms with Crippen LogP contribution in [0, 0.1) is 17.2 Å². The van der Waals surface area contributed by atoms with Crippen molar-refractivity contribution in [1.82, 2.24) is 0 Å². The van der Waals surface area contributed by atoms with Crippen molar-refractivity contribution >= 4 is 0 Å². The lowest BCUT2D eigenvalue weighted by Gasteiger charge is -2.29. The molecule has 18 heavy (non-hydrogen) atoms. The van der Waals surface area contributed by atoms with Gasteiger partial charge in [0.2, 0.25) is 0 Å². The van der Waals surface area contributed by atoms with E-state index in [1.54, 1.807) is 14.2 Å². The summed E-state index contributed by atoms with van der Waals surface area (Å²) in [4.78, 5) is 0. The minimum Gasteiger partial charge on any atom is -0.493 e. The molecule has 2 rings (SSSR count). The predicted octanol–water partition coefficient (Wildman–Crippen LogP) is 2.70. The Morgan fingerprint density at radius 2 is 2.17 bits per heavy atom. The van der Waals surface area contributed by atoms with Gasteiger partial charge < -0.3 is 14.2 Å². The summed E-state index contributed by atoms with van der Waals surface area (Å²) in [6.45, 7) is 0.684. The second-order valence-electron chi connectivity index (χ2n) is 4.25. The summed E-state index contributed by atoms with van der Waals surface area (Å²) < 4.78 is 16.4. The molecule has 1 fully saturated rings. The van der Waals surface area contributed by atoms with Gasteiger partial charge in [-0.1, -0.05) is 12.1 Å². The van der Waals surface area contributed by atoms with Crippen molar-refractivity contribution in [2.45, 2.75) is 18.9 Å². The van der Waals surface area contributed by atoms with Crippen molar-refractivity contribution in [3.05, 3.63) is 23.8 Å². The van der Waals surface area contributed by atoms with E-state index in [9.17, 15) is 5.26 Å². The van der Waals surface area contributed by atoms with Gasteiger partial charge in [0.15, 0.2) is 11.5 Å². The number of nitrogens with zero attached hydrogens (tertiary/aromatic N) is 1. The van der Waals surface area contributed by atoms with Crippen LogP contribution in [0.25, 0.3) is 0 Å². The molecule has 1 saturated heterocycles. The van der Waals surface area contributed by atoms with Crippen LogP contribution in [0.15, 0.2) is 18.2 Å². The first-order chi connectivity index (χ1) is 8.81. The maximum absolute atomic E-state index is 9.21. The fourth-order valence-electron chi connectivity index (χ4n) is 2.36. The van der Waals surface area contributed by atoms with Crippen molar-refractivity contribution < 1.29 is 14.2 Å². The number of rotatable bonds is 3. The molecular formula is C14H17NO3. The van der Waals surface area contributed by atoms with Crippen LogP contribution < -0.4 is 9.47 Å². The number of benzene rings is 1. The van der Waals surface area contributed by atoms with E-state index in [4.69, 9.17) is 14.2 Å². The van der Waals surface area contributed by atoms with Gasteiger partial charge in [-0.3, -0.25) is 0 Å². The summed E-state index contributed by atoms with van der Waals surface area (Å²) >= 11 is 0. The van der Waals surface area contributed by atoms with E-state index in [-0.39, 0.29) is 12.0 Å². The minimum atomic E-state index is -0.228. The highest BCUT2D eigenvalue weighted by Crippen LogP contribution is 2.41. The maximum atomic E-state index is 9.21. The number of hydrogen-bond donors (Lipinski definition) is 0. The molecule has 0 radical (unpaired) electrons. The van der Waals surface area contributed by atoms with Gasteiger partial charge in [-0.2, -0.15) is 5.26 Å². The number of nitriles is 1. The van der Waals surface area contributed by atoms with Crippen molar-refractivity contribution in [3.8, 4) is 17.6 Å². The van der Waals surface area contributed by atoms with Gasteiger partial charge in [0.05, 0.1) is 26.2 Å². The van der Waals surface area contributed by atoms with Gasteiger partial charge in [-0.05, 0) is 18.9 Å². The van der Waals surface area contributed by atoms with Crippen LogP contribution in [0.3, 0.4) is 0 Å². The molecule has 2 unspecified atom stereocenters. The standard InChI is InChI=1S/C14H17NO3/c1-16-12-7-3-6-11(14(12)17-2)13-10(9-15)5-4-8-18-13/h3,6-7,10,13H,4-5,8H2,1-2H3. The van der Waals surface area contributed by atoms with Gasteiger partial charge in [-0.15, -0.1) is 0 Å². The van der Waals surface area contributed by atoms with Gasteiger partial charge in [-0.25, -0.2) is 0 Å². The first-order valence-electron chi connectivity index (χ1n) is 6.04. The molecule has 1 aliphatic rings. The molecule has 96 valence electrons. The SMILES string of the molecule is COc1cccc(C2OCCCC2C#N)c1OC. The quantitative estimate of drug-likeness (QED) is 0.824. The van der Waals surface area contributed by atoms with Gasteiger partial charge >= 0.3 is 0 Å². The third kappa shape index (κ3) is 2.27. The van der Waals surface area contributed by atoms with E-state index in [1.807, 2.05) is 18.2 Å². The lowest BCUT2D eigenvalue weighted by molar-refractivity contribution is -0.0115. The summed E-state index contributed by atoms with van der Waals surface area (Å²) in [5, 5.41) is 9.21. The van der Waals surface area contributed by atoms with E-state index in [2.05, 4.69) is 6.07 Å². The molecule has 1 aromatic carbocycles. The first kappa shape index (κ1) is 12.7. The van der Waals surface area contributed by atoms with E-state index in [0.29, 0.717) is 18.1 Å². The molecule has 0 N–H and O–H groups in total. The molecule has 0 bridgehead atoms. The molecule has 1 aliphatic heterocycles. The third-order valence-electron chi connectivity index (χ3n) is 3.23. The minimum absolute atomic E-state index is 0.125. The van der Waals surface area contributed by atoms with Crippen molar-refractivity contribution in [2.24, 2.45) is 5.92 Å². The molecule has 0 spiro atoms. The highest BCUT2D eigenvalue weighted by atomic mass is 16.5. The molecule has 0 saturated carbocycles. The Balaban J connectivity index is 2.40. The molecule has 4 nitrogen and oxygen atoms in total. The zero-order valence-corrected chi connectivity index (χ0v) is 10.7. The lowest BCUT2D eigenvalue weighted by atomic mass is 9.90. The molecule has 1 heterocycles. The summed E-state index contributed by atoms with van der Waals surface area (Å²) in [5.74, 6) is 1.20. The third-order valence-corrected chi connectivity index (χ3v) is 3.23. The Morgan fingerprint density at radius 1 is 1.33 bits per heavy atom. The Labute approximate surface area is 107 Å². The normalized spacial score (nSPS) is 23.2. The summed E-state index contributed by atoms with van der Waals surface area (Å²) in [6.07, 6.45) is 1.57. The smallest absolute Gasteiger partial charge is 0.166 e. The average Bonchev–Trinajstić information content (AvgIpc) is 2.46. The van der Waals surface area contributed by atoms with Gasteiger partial charge in [0.25, 0.3) is 0 Å². The number of para-hydroxylation sites is 1. The van der Waals surface area contributed by atoms with Crippen LogP contribution in [0.4, 0.5) is 0 Å². The molecule has 2 atom stereocenters. The predicted molar refractivity (Wildman–Crippen MR) is 66.6 cm³/mol. The van der Waals surface area contributed by atoms with Crippen LogP contribution >= 0.6 is 0 Å². The highest BCUT2D eigenvalue weighted by Gasteiger charge is 2.30. The summed E-state index contributed by atoms with van der Waals surface area (Å²) in [6, 6.07) is 7.98. The van der Waals surface area contributed by atoms with E-state index in [0.717, 1.165) is 18.4 Å². The van der Waals surface area contributed by atoms with E-state index >= 15 is 0 Å². The summed E-state index contributed by atoms with van der Waals surface area (Å²) in [5.41, 5.74) is 0.892. The van der Waals surface area contributed by atoms with Crippen LogP contribution in [0.5, 0.6) is 11.5 Å². The van der Waals surface area contributed by atoms with Crippen molar-refractivity contribution in [3.63, 3.8) is 0 Å². The Hall–Kier alpha value is -1.73. The highest BCUT2D eigenvalue weighted by molar-refractivity contribution is 5.48. The molecule has 0 amide bonds. The van der Waals surface area contributed by atoms with Crippen molar-refractivity contribution in [2.75, 3.05) is 20.8 Å². The van der Waals surface area contributed by atoms with Gasteiger partial charge in [0.1, 0.15) is 6.10 Å². The first-order valence-corrected chi connectivity index (χ1v) is 6.04. The van der Waals surface area contributed by atoms with Crippen LogP contribution in [0.1, 0.15) is 24.5 Å². The van der Waals surface area contributed by atoms with Crippen LogP contribution in [-0.2, 0) is 4.74 Å². The Bertz CT molecular complexity index is 453. The van der Waals surface area contributed by atoms with E-state index < -0.39 is 0 Å². The van der Waals surface area contributed by atoms with Crippen LogP contribution in [-0.4, -0.2) is 20.8 Å². The monoisotopic (exact) mass is 247 g/mol. The Kier molecular flexibility index (Phi) is 4.06. The van der Waals surface area contributed by atoms with E-state index in [1.165, 1.54) is 0 Å². The number of hydrogen-bond acceptors (Lipinski definition) is 4. The second kappa shape index (κ2) is 5.74.